The first-order chi connectivity index (χ1) is 12.9. The smallest absolute Gasteiger partial charge is 0.230 e. The SMILES string of the molecule is CN1CC2(CC(Oc3cc(NC(=O)Cc4ccc(Cl)nc4)ncc3Cl)C2)C1. The van der Waals surface area contributed by atoms with Gasteiger partial charge in [0.1, 0.15) is 27.8 Å². The van der Waals surface area contributed by atoms with Gasteiger partial charge < -0.3 is 15.0 Å². The van der Waals surface area contributed by atoms with Gasteiger partial charge in [0.25, 0.3) is 0 Å². The Balaban J connectivity index is 1.34. The van der Waals surface area contributed by atoms with Crippen molar-refractivity contribution in [3.8, 4) is 5.75 Å². The van der Waals surface area contributed by atoms with Crippen molar-refractivity contribution in [2.45, 2.75) is 25.4 Å². The summed E-state index contributed by atoms with van der Waals surface area (Å²) >= 11 is 12.0. The molecule has 2 aromatic rings. The number of rotatable bonds is 5. The van der Waals surface area contributed by atoms with Gasteiger partial charge in [0.2, 0.25) is 5.91 Å². The fraction of sp³-hybridized carbons (Fsp3) is 0.421. The zero-order valence-electron chi connectivity index (χ0n) is 14.9. The van der Waals surface area contributed by atoms with Crippen LogP contribution in [0.25, 0.3) is 0 Å². The molecule has 6 nitrogen and oxygen atoms in total. The fourth-order valence-corrected chi connectivity index (χ4v) is 4.25. The van der Waals surface area contributed by atoms with E-state index in [0.29, 0.717) is 27.2 Å². The van der Waals surface area contributed by atoms with Gasteiger partial charge in [-0.3, -0.25) is 4.79 Å². The standard InChI is InChI=1S/C19H20Cl2N4O2/c1-25-10-19(11-25)6-13(7-19)27-15-5-17(23-9-14(15)20)24-18(26)4-12-2-3-16(21)22-8-12/h2-3,5,8-9,13H,4,6-7,10-11H2,1H3,(H,23,24,26). The zero-order chi connectivity index (χ0) is 19.0. The molecule has 1 saturated heterocycles. The Morgan fingerprint density at radius 2 is 2.07 bits per heavy atom. The first-order valence-corrected chi connectivity index (χ1v) is 9.57. The van der Waals surface area contributed by atoms with E-state index >= 15 is 0 Å². The molecule has 1 aliphatic heterocycles. The number of amides is 1. The molecule has 0 unspecified atom stereocenters. The highest BCUT2D eigenvalue weighted by Gasteiger charge is 2.52. The molecule has 3 heterocycles. The largest absolute Gasteiger partial charge is 0.489 e. The highest BCUT2D eigenvalue weighted by molar-refractivity contribution is 6.32. The summed E-state index contributed by atoms with van der Waals surface area (Å²) in [5.41, 5.74) is 1.20. The summed E-state index contributed by atoms with van der Waals surface area (Å²) in [6, 6.07) is 5.10. The predicted molar refractivity (Wildman–Crippen MR) is 104 cm³/mol. The molecule has 1 saturated carbocycles. The lowest BCUT2D eigenvalue weighted by Gasteiger charge is -2.57. The Bertz CT molecular complexity index is 845. The molecule has 0 aromatic carbocycles. The van der Waals surface area contributed by atoms with E-state index in [9.17, 15) is 4.79 Å². The fourth-order valence-electron chi connectivity index (χ4n) is 3.99. The van der Waals surface area contributed by atoms with E-state index in [1.54, 1.807) is 24.4 Å². The Morgan fingerprint density at radius 3 is 2.74 bits per heavy atom. The van der Waals surface area contributed by atoms with Gasteiger partial charge in [-0.1, -0.05) is 29.3 Å². The number of hydrogen-bond acceptors (Lipinski definition) is 5. The number of carbonyl (C=O) groups excluding carboxylic acids is 1. The number of hydrogen-bond donors (Lipinski definition) is 1. The molecule has 2 aromatic heterocycles. The van der Waals surface area contributed by atoms with Crippen molar-refractivity contribution in [3.63, 3.8) is 0 Å². The maximum Gasteiger partial charge on any atom is 0.230 e. The summed E-state index contributed by atoms with van der Waals surface area (Å²) in [5, 5.41) is 3.61. The number of nitrogens with zero attached hydrogens (tertiary/aromatic N) is 3. The lowest BCUT2D eigenvalue weighted by atomic mass is 9.62. The Labute approximate surface area is 167 Å². The number of anilines is 1. The normalized spacial score (nSPS) is 18.6. The Morgan fingerprint density at radius 1 is 1.30 bits per heavy atom. The van der Waals surface area contributed by atoms with E-state index in [4.69, 9.17) is 27.9 Å². The third kappa shape index (κ3) is 4.18. The maximum atomic E-state index is 12.2. The molecule has 2 aliphatic rings. The molecule has 2 fully saturated rings. The van der Waals surface area contributed by atoms with Crippen molar-refractivity contribution < 1.29 is 9.53 Å². The number of likely N-dealkylation sites (tertiary alicyclic amines) is 1. The molecule has 0 atom stereocenters. The average Bonchev–Trinajstić information content (AvgIpc) is 2.56. The van der Waals surface area contributed by atoms with Crippen molar-refractivity contribution in [2.75, 3.05) is 25.5 Å². The molecule has 4 rings (SSSR count). The molecule has 8 heteroatoms. The van der Waals surface area contributed by atoms with E-state index in [1.807, 2.05) is 0 Å². The van der Waals surface area contributed by atoms with Crippen LogP contribution in [0.4, 0.5) is 5.82 Å². The van der Waals surface area contributed by atoms with Gasteiger partial charge in [0, 0.05) is 30.8 Å². The molecule has 0 radical (unpaired) electrons. The Hall–Kier alpha value is -1.89. The van der Waals surface area contributed by atoms with E-state index in [0.717, 1.165) is 31.5 Å². The van der Waals surface area contributed by atoms with Crippen molar-refractivity contribution in [2.24, 2.45) is 5.41 Å². The first-order valence-electron chi connectivity index (χ1n) is 8.82. The minimum Gasteiger partial charge on any atom is -0.489 e. The minimum atomic E-state index is -0.194. The van der Waals surface area contributed by atoms with E-state index < -0.39 is 0 Å². The van der Waals surface area contributed by atoms with Crippen molar-refractivity contribution >= 4 is 34.9 Å². The van der Waals surface area contributed by atoms with Crippen LogP contribution in [-0.2, 0) is 11.2 Å². The Kier molecular flexibility index (Phi) is 4.97. The number of ether oxygens (including phenoxy) is 1. The first kappa shape index (κ1) is 18.5. The third-order valence-corrected chi connectivity index (χ3v) is 5.57. The summed E-state index contributed by atoms with van der Waals surface area (Å²) in [6.07, 6.45) is 5.52. The van der Waals surface area contributed by atoms with Crippen LogP contribution < -0.4 is 10.1 Å². The van der Waals surface area contributed by atoms with Gasteiger partial charge in [-0.05, 0) is 31.5 Å². The molecular formula is C19H20Cl2N4O2. The van der Waals surface area contributed by atoms with Crippen LogP contribution in [0.1, 0.15) is 18.4 Å². The average molecular weight is 407 g/mol. The highest BCUT2D eigenvalue weighted by atomic mass is 35.5. The number of aromatic nitrogens is 2. The quantitative estimate of drug-likeness (QED) is 0.770. The van der Waals surface area contributed by atoms with Crippen molar-refractivity contribution in [1.82, 2.24) is 14.9 Å². The van der Waals surface area contributed by atoms with Gasteiger partial charge in [0.05, 0.1) is 12.6 Å². The van der Waals surface area contributed by atoms with Crippen molar-refractivity contribution in [1.29, 1.82) is 0 Å². The lowest BCUT2D eigenvalue weighted by Crippen LogP contribution is -2.63. The second kappa shape index (κ2) is 7.26. The molecular weight excluding hydrogens is 387 g/mol. The molecule has 0 bridgehead atoms. The van der Waals surface area contributed by atoms with Gasteiger partial charge in [-0.15, -0.1) is 0 Å². The van der Waals surface area contributed by atoms with Crippen LogP contribution in [0.15, 0.2) is 30.6 Å². The molecule has 142 valence electrons. The number of halogens is 2. The van der Waals surface area contributed by atoms with Crippen LogP contribution in [0.2, 0.25) is 10.2 Å². The lowest BCUT2D eigenvalue weighted by molar-refractivity contribution is -0.115. The van der Waals surface area contributed by atoms with Gasteiger partial charge >= 0.3 is 0 Å². The maximum absolute atomic E-state index is 12.2. The van der Waals surface area contributed by atoms with Gasteiger partial charge in [-0.25, -0.2) is 9.97 Å². The number of pyridine rings is 2. The summed E-state index contributed by atoms with van der Waals surface area (Å²) < 4.78 is 6.03. The van der Waals surface area contributed by atoms with Crippen LogP contribution in [0, 0.1) is 5.41 Å². The molecule has 1 aliphatic carbocycles. The monoisotopic (exact) mass is 406 g/mol. The molecule has 1 N–H and O–H groups in total. The third-order valence-electron chi connectivity index (χ3n) is 5.07. The van der Waals surface area contributed by atoms with Gasteiger partial charge in [-0.2, -0.15) is 0 Å². The van der Waals surface area contributed by atoms with Crippen LogP contribution in [0.5, 0.6) is 5.75 Å². The highest BCUT2D eigenvalue weighted by Crippen LogP contribution is 2.49. The second-order valence-electron chi connectivity index (χ2n) is 7.53. The van der Waals surface area contributed by atoms with E-state index in [-0.39, 0.29) is 18.4 Å². The number of nitrogens with one attached hydrogen (secondary N) is 1. The number of carbonyl (C=O) groups is 1. The summed E-state index contributed by atoms with van der Waals surface area (Å²) in [5.74, 6) is 0.779. The summed E-state index contributed by atoms with van der Waals surface area (Å²) in [4.78, 5) is 22.7. The predicted octanol–water partition coefficient (Wildman–Crippen LogP) is 3.44. The van der Waals surface area contributed by atoms with E-state index in [1.165, 1.54) is 6.20 Å². The van der Waals surface area contributed by atoms with Crippen molar-refractivity contribution in [3.05, 3.63) is 46.3 Å². The van der Waals surface area contributed by atoms with Crippen LogP contribution in [-0.4, -0.2) is 47.0 Å². The zero-order valence-corrected chi connectivity index (χ0v) is 16.4. The van der Waals surface area contributed by atoms with Crippen LogP contribution in [0.3, 0.4) is 0 Å². The molecule has 27 heavy (non-hydrogen) atoms. The molecule has 1 amide bonds. The van der Waals surface area contributed by atoms with Crippen LogP contribution >= 0.6 is 23.2 Å². The summed E-state index contributed by atoms with van der Waals surface area (Å²) in [7, 11) is 2.13. The summed E-state index contributed by atoms with van der Waals surface area (Å²) in [6.45, 7) is 2.27. The second-order valence-corrected chi connectivity index (χ2v) is 8.33. The van der Waals surface area contributed by atoms with Gasteiger partial charge in [0.15, 0.2) is 0 Å². The topological polar surface area (TPSA) is 67.3 Å². The minimum absolute atomic E-state index is 0.169. The van der Waals surface area contributed by atoms with E-state index in [2.05, 4.69) is 27.2 Å². The molecule has 1 spiro atoms.